The molecule has 18 heavy (non-hydrogen) atoms. The molecule has 0 aliphatic carbocycles. The molecular formula is C13H10F2INO. The van der Waals surface area contributed by atoms with Crippen molar-refractivity contribution in [1.29, 1.82) is 0 Å². The van der Waals surface area contributed by atoms with E-state index in [1.165, 1.54) is 24.4 Å². The lowest BCUT2D eigenvalue weighted by Crippen LogP contribution is -2.28. The first-order valence-electron chi connectivity index (χ1n) is 5.28. The Balaban J connectivity index is 2.33. The van der Waals surface area contributed by atoms with E-state index in [1.807, 2.05) is 22.6 Å². The molecule has 1 aromatic carbocycles. The minimum absolute atomic E-state index is 0.0873. The zero-order chi connectivity index (χ0) is 13.2. The largest absolute Gasteiger partial charge is 0.308 e. The van der Waals surface area contributed by atoms with E-state index in [2.05, 4.69) is 0 Å². The quantitative estimate of drug-likeness (QED) is 0.770. The number of alkyl halides is 2. The highest BCUT2D eigenvalue weighted by molar-refractivity contribution is 14.1. The van der Waals surface area contributed by atoms with E-state index in [9.17, 15) is 13.6 Å². The third kappa shape index (κ3) is 2.95. The molecule has 1 aromatic heterocycles. The summed E-state index contributed by atoms with van der Waals surface area (Å²) in [6.45, 7) is -0.646. The van der Waals surface area contributed by atoms with E-state index in [0.717, 1.165) is 8.14 Å². The Hall–Kier alpha value is -1.24. The molecule has 2 rings (SSSR count). The number of nitrogens with zero attached hydrogens (tertiary/aromatic N) is 1. The van der Waals surface area contributed by atoms with Crippen LogP contribution in [0.15, 0.2) is 53.5 Å². The molecule has 94 valence electrons. The van der Waals surface area contributed by atoms with Gasteiger partial charge in [-0.2, -0.15) is 8.78 Å². The summed E-state index contributed by atoms with van der Waals surface area (Å²) in [5.74, 6) is -3.06. The van der Waals surface area contributed by atoms with E-state index >= 15 is 0 Å². The number of hydrogen-bond acceptors (Lipinski definition) is 1. The zero-order valence-corrected chi connectivity index (χ0v) is 11.5. The van der Waals surface area contributed by atoms with Crippen molar-refractivity contribution in [2.45, 2.75) is 12.5 Å². The maximum absolute atomic E-state index is 14.0. The van der Waals surface area contributed by atoms with Crippen LogP contribution in [0.5, 0.6) is 0 Å². The molecule has 0 amide bonds. The van der Waals surface area contributed by atoms with Gasteiger partial charge in [-0.25, -0.2) is 0 Å². The smallest absolute Gasteiger partial charge is 0.290 e. The minimum atomic E-state index is -3.06. The fourth-order valence-corrected chi connectivity index (χ4v) is 2.13. The number of aromatic nitrogens is 1. The van der Waals surface area contributed by atoms with Gasteiger partial charge in [-0.05, 0) is 28.7 Å². The predicted molar refractivity (Wildman–Crippen MR) is 73.8 cm³/mol. The van der Waals surface area contributed by atoms with Gasteiger partial charge in [0.05, 0.1) is 6.54 Å². The molecule has 0 spiro atoms. The molecule has 0 atom stereocenters. The highest BCUT2D eigenvalue weighted by Crippen LogP contribution is 2.29. The lowest BCUT2D eigenvalue weighted by Gasteiger charge is -2.18. The van der Waals surface area contributed by atoms with Crippen LogP contribution in [0.3, 0.4) is 0 Å². The molecule has 0 aliphatic heterocycles. The Morgan fingerprint density at radius 3 is 2.44 bits per heavy atom. The highest BCUT2D eigenvalue weighted by atomic mass is 127. The Kier molecular flexibility index (Phi) is 3.79. The number of hydrogen-bond donors (Lipinski definition) is 0. The summed E-state index contributed by atoms with van der Waals surface area (Å²) < 4.78 is 29.8. The van der Waals surface area contributed by atoms with Crippen LogP contribution in [0.4, 0.5) is 8.78 Å². The molecule has 2 aromatic rings. The van der Waals surface area contributed by atoms with Gasteiger partial charge >= 0.3 is 0 Å². The second kappa shape index (κ2) is 5.17. The number of halogens is 3. The van der Waals surface area contributed by atoms with Gasteiger partial charge in [0.1, 0.15) is 0 Å². The molecule has 0 N–H and O–H groups in total. The van der Waals surface area contributed by atoms with Crippen LogP contribution in [-0.4, -0.2) is 4.57 Å². The molecule has 5 heteroatoms. The Labute approximate surface area is 116 Å². The van der Waals surface area contributed by atoms with E-state index in [-0.39, 0.29) is 5.56 Å². The lowest BCUT2D eigenvalue weighted by atomic mass is 10.1. The summed E-state index contributed by atoms with van der Waals surface area (Å²) in [5.41, 5.74) is -0.512. The van der Waals surface area contributed by atoms with Crippen molar-refractivity contribution in [1.82, 2.24) is 4.57 Å². The maximum Gasteiger partial charge on any atom is 0.290 e. The number of rotatable bonds is 3. The van der Waals surface area contributed by atoms with Crippen LogP contribution in [0.2, 0.25) is 0 Å². The van der Waals surface area contributed by atoms with Gasteiger partial charge in [0.15, 0.2) is 0 Å². The normalized spacial score (nSPS) is 11.5. The second-order valence-electron chi connectivity index (χ2n) is 3.88. The van der Waals surface area contributed by atoms with Gasteiger partial charge in [0.2, 0.25) is 0 Å². The van der Waals surface area contributed by atoms with Crippen molar-refractivity contribution in [3.05, 3.63) is 68.1 Å². The molecule has 0 fully saturated rings. The van der Waals surface area contributed by atoms with E-state index in [1.54, 1.807) is 24.3 Å². The van der Waals surface area contributed by atoms with Gasteiger partial charge in [-0.3, -0.25) is 4.79 Å². The molecule has 0 saturated heterocycles. The van der Waals surface area contributed by atoms with Crippen LogP contribution in [0.1, 0.15) is 5.56 Å². The van der Waals surface area contributed by atoms with Crippen molar-refractivity contribution in [2.24, 2.45) is 0 Å². The van der Waals surface area contributed by atoms with Crippen molar-refractivity contribution in [3.8, 4) is 0 Å². The Morgan fingerprint density at radius 1 is 1.11 bits per heavy atom. The molecule has 0 unspecified atom stereocenters. The van der Waals surface area contributed by atoms with Crippen molar-refractivity contribution in [2.75, 3.05) is 0 Å². The van der Waals surface area contributed by atoms with Gasteiger partial charge < -0.3 is 4.57 Å². The van der Waals surface area contributed by atoms with E-state index in [0.29, 0.717) is 0 Å². The molecule has 0 radical (unpaired) electrons. The molecular weight excluding hydrogens is 351 g/mol. The molecule has 2 nitrogen and oxygen atoms in total. The summed E-state index contributed by atoms with van der Waals surface area (Å²) >= 11 is 1.98. The number of benzene rings is 1. The van der Waals surface area contributed by atoms with E-state index < -0.39 is 18.0 Å². The van der Waals surface area contributed by atoms with Crippen LogP contribution in [-0.2, 0) is 12.5 Å². The van der Waals surface area contributed by atoms with Crippen molar-refractivity contribution < 1.29 is 8.78 Å². The fraction of sp³-hybridized carbons (Fsp3) is 0.154. The minimum Gasteiger partial charge on any atom is -0.308 e. The first-order chi connectivity index (χ1) is 8.49. The Bertz CT molecular complexity index is 595. The second-order valence-corrected chi connectivity index (χ2v) is 5.13. The molecule has 1 heterocycles. The average Bonchev–Trinajstić information content (AvgIpc) is 2.35. The Morgan fingerprint density at radius 2 is 1.78 bits per heavy atom. The first kappa shape index (κ1) is 13.2. The first-order valence-corrected chi connectivity index (χ1v) is 6.36. The number of pyridine rings is 1. The highest BCUT2D eigenvalue weighted by Gasteiger charge is 2.32. The third-order valence-electron chi connectivity index (χ3n) is 2.51. The maximum atomic E-state index is 14.0. The van der Waals surface area contributed by atoms with Crippen LogP contribution in [0, 0.1) is 3.57 Å². The van der Waals surface area contributed by atoms with Gasteiger partial charge in [-0.15, -0.1) is 0 Å². The molecule has 0 bridgehead atoms. The zero-order valence-electron chi connectivity index (χ0n) is 9.32. The van der Waals surface area contributed by atoms with Crippen LogP contribution < -0.4 is 5.56 Å². The van der Waals surface area contributed by atoms with E-state index in [4.69, 9.17) is 0 Å². The van der Waals surface area contributed by atoms with Gasteiger partial charge in [0, 0.05) is 21.4 Å². The molecule has 0 saturated carbocycles. The summed E-state index contributed by atoms with van der Waals surface area (Å²) in [4.78, 5) is 11.5. The van der Waals surface area contributed by atoms with Crippen molar-refractivity contribution in [3.63, 3.8) is 0 Å². The summed E-state index contributed by atoms with van der Waals surface area (Å²) in [6.07, 6.45) is 1.43. The van der Waals surface area contributed by atoms with Gasteiger partial charge in [-0.1, -0.05) is 30.3 Å². The predicted octanol–water partition coefficient (Wildman–Crippen LogP) is 3.24. The third-order valence-corrected chi connectivity index (χ3v) is 3.15. The summed E-state index contributed by atoms with van der Waals surface area (Å²) in [6, 6.07) is 10.4. The monoisotopic (exact) mass is 361 g/mol. The van der Waals surface area contributed by atoms with Crippen molar-refractivity contribution >= 4 is 22.6 Å². The standard InChI is InChI=1S/C13H10F2INO/c14-13(15,10-4-2-1-3-5-10)9-17-8-11(16)6-7-12(17)18/h1-8H,9H2. The fourth-order valence-electron chi connectivity index (χ4n) is 1.61. The van der Waals surface area contributed by atoms with Crippen LogP contribution in [0.25, 0.3) is 0 Å². The van der Waals surface area contributed by atoms with Crippen LogP contribution >= 0.6 is 22.6 Å². The molecule has 0 aliphatic rings. The average molecular weight is 361 g/mol. The summed E-state index contributed by atoms with van der Waals surface area (Å²) in [5, 5.41) is 0. The topological polar surface area (TPSA) is 22.0 Å². The summed E-state index contributed by atoms with van der Waals surface area (Å²) in [7, 11) is 0. The lowest BCUT2D eigenvalue weighted by molar-refractivity contribution is -0.0231. The van der Waals surface area contributed by atoms with Gasteiger partial charge in [0.25, 0.3) is 11.5 Å². The SMILES string of the molecule is O=c1ccc(I)cn1CC(F)(F)c1ccccc1.